The molecule has 3 aromatic carbocycles. The number of rotatable bonds is 7. The third-order valence-corrected chi connectivity index (χ3v) is 4.15. The molecule has 0 spiro atoms. The normalized spacial score (nSPS) is 10.9. The van der Waals surface area contributed by atoms with Crippen molar-refractivity contribution in [3.05, 3.63) is 95.1 Å². The van der Waals surface area contributed by atoms with E-state index in [4.69, 9.17) is 4.74 Å². The summed E-state index contributed by atoms with van der Waals surface area (Å²) < 4.78 is 5.21. The van der Waals surface area contributed by atoms with Gasteiger partial charge in [-0.25, -0.2) is 10.9 Å². The Morgan fingerprint density at radius 2 is 1.35 bits per heavy atom. The van der Waals surface area contributed by atoms with Crippen molar-refractivity contribution < 1.29 is 19.4 Å². The van der Waals surface area contributed by atoms with Crippen LogP contribution in [0.15, 0.2) is 83.0 Å². The summed E-state index contributed by atoms with van der Waals surface area (Å²) in [7, 11) is 1.41. The SMILES string of the molecule is COc1c(O)cc(/C=N/NC(=O)c2ccccc2)cc1/C=N/NC(=O)c1ccccc1. The molecule has 31 heavy (non-hydrogen) atoms. The van der Waals surface area contributed by atoms with Crippen LogP contribution in [0.3, 0.4) is 0 Å². The molecule has 0 aliphatic carbocycles. The van der Waals surface area contributed by atoms with Crippen molar-refractivity contribution in [1.82, 2.24) is 10.9 Å². The van der Waals surface area contributed by atoms with Gasteiger partial charge in [-0.1, -0.05) is 36.4 Å². The standard InChI is InChI=1S/C23H20N4O4/c1-31-21-19(15-25-27-23(30)18-10-6-3-7-11-18)12-16(13-20(21)28)14-24-26-22(29)17-8-4-2-5-9-17/h2-15,28H,1H3,(H,26,29)(H,27,30)/b24-14+,25-15+. The van der Waals surface area contributed by atoms with E-state index in [2.05, 4.69) is 21.1 Å². The van der Waals surface area contributed by atoms with Gasteiger partial charge in [0.15, 0.2) is 11.5 Å². The van der Waals surface area contributed by atoms with Crippen molar-refractivity contribution in [3.63, 3.8) is 0 Å². The summed E-state index contributed by atoms with van der Waals surface area (Å²) in [5.74, 6) is -0.693. The highest BCUT2D eigenvalue weighted by Crippen LogP contribution is 2.30. The van der Waals surface area contributed by atoms with Crippen LogP contribution in [-0.4, -0.2) is 36.5 Å². The Labute approximate surface area is 178 Å². The number of nitrogens with zero attached hydrogens (tertiary/aromatic N) is 2. The molecular formula is C23H20N4O4. The first kappa shape index (κ1) is 21.3. The fraction of sp³-hybridized carbons (Fsp3) is 0.0435. The second-order valence-corrected chi connectivity index (χ2v) is 6.29. The van der Waals surface area contributed by atoms with Gasteiger partial charge in [0.05, 0.1) is 19.5 Å². The van der Waals surface area contributed by atoms with Gasteiger partial charge in [0.1, 0.15) is 0 Å². The largest absolute Gasteiger partial charge is 0.504 e. The van der Waals surface area contributed by atoms with Crippen LogP contribution in [0.5, 0.6) is 11.5 Å². The van der Waals surface area contributed by atoms with Gasteiger partial charge in [-0.15, -0.1) is 0 Å². The smallest absolute Gasteiger partial charge is 0.271 e. The molecule has 3 aromatic rings. The molecule has 0 fully saturated rings. The third kappa shape index (κ3) is 5.77. The molecule has 0 heterocycles. The number of hydrazone groups is 2. The molecule has 0 unspecified atom stereocenters. The Morgan fingerprint density at radius 3 is 1.87 bits per heavy atom. The zero-order valence-corrected chi connectivity index (χ0v) is 16.6. The first-order valence-electron chi connectivity index (χ1n) is 9.26. The second-order valence-electron chi connectivity index (χ2n) is 6.29. The lowest BCUT2D eigenvalue weighted by Gasteiger charge is -2.08. The van der Waals surface area contributed by atoms with Gasteiger partial charge in [0, 0.05) is 16.7 Å². The maximum absolute atomic E-state index is 12.1. The first-order valence-corrected chi connectivity index (χ1v) is 9.26. The topological polar surface area (TPSA) is 112 Å². The van der Waals surface area contributed by atoms with Crippen LogP contribution in [0.4, 0.5) is 0 Å². The molecule has 3 N–H and O–H groups in total. The molecule has 0 saturated carbocycles. The van der Waals surface area contributed by atoms with Crippen LogP contribution in [-0.2, 0) is 0 Å². The van der Waals surface area contributed by atoms with Gasteiger partial charge >= 0.3 is 0 Å². The molecule has 0 aromatic heterocycles. The van der Waals surface area contributed by atoms with Gasteiger partial charge in [0.2, 0.25) is 0 Å². The molecule has 156 valence electrons. The molecular weight excluding hydrogens is 396 g/mol. The van der Waals surface area contributed by atoms with E-state index in [0.717, 1.165) is 0 Å². The maximum Gasteiger partial charge on any atom is 0.271 e. The highest BCUT2D eigenvalue weighted by atomic mass is 16.5. The molecule has 8 heteroatoms. The summed E-state index contributed by atoms with van der Waals surface area (Å²) in [5.41, 5.74) is 6.67. The van der Waals surface area contributed by atoms with E-state index in [1.54, 1.807) is 54.6 Å². The summed E-state index contributed by atoms with van der Waals surface area (Å²) in [5, 5.41) is 18.1. The summed E-state index contributed by atoms with van der Waals surface area (Å²) in [6.45, 7) is 0. The van der Waals surface area contributed by atoms with E-state index in [-0.39, 0.29) is 23.3 Å². The lowest BCUT2D eigenvalue weighted by atomic mass is 10.1. The zero-order valence-electron chi connectivity index (χ0n) is 16.6. The number of phenols is 1. The molecule has 0 bridgehead atoms. The number of hydrogen-bond donors (Lipinski definition) is 3. The van der Waals surface area contributed by atoms with Crippen LogP contribution in [0, 0.1) is 0 Å². The Hall–Kier alpha value is -4.46. The number of aromatic hydroxyl groups is 1. The summed E-state index contributed by atoms with van der Waals surface area (Å²) in [6.07, 6.45) is 2.72. The van der Waals surface area contributed by atoms with Crippen molar-refractivity contribution in [2.24, 2.45) is 10.2 Å². The van der Waals surface area contributed by atoms with Gasteiger partial charge < -0.3 is 9.84 Å². The molecule has 3 rings (SSSR count). The van der Waals surface area contributed by atoms with Crippen molar-refractivity contribution >= 4 is 24.2 Å². The number of ether oxygens (including phenoxy) is 1. The van der Waals surface area contributed by atoms with E-state index in [9.17, 15) is 14.7 Å². The average molecular weight is 416 g/mol. The van der Waals surface area contributed by atoms with Crippen LogP contribution < -0.4 is 15.6 Å². The van der Waals surface area contributed by atoms with E-state index in [0.29, 0.717) is 22.3 Å². The fourth-order valence-electron chi connectivity index (χ4n) is 2.68. The fourth-order valence-corrected chi connectivity index (χ4v) is 2.68. The molecule has 0 aliphatic heterocycles. The number of amides is 2. The number of carbonyl (C=O) groups excluding carboxylic acids is 2. The van der Waals surface area contributed by atoms with Gasteiger partial charge in [0.25, 0.3) is 11.8 Å². The number of carbonyl (C=O) groups is 2. The van der Waals surface area contributed by atoms with Crippen molar-refractivity contribution in [3.8, 4) is 11.5 Å². The van der Waals surface area contributed by atoms with Crippen molar-refractivity contribution in [1.29, 1.82) is 0 Å². The lowest BCUT2D eigenvalue weighted by molar-refractivity contribution is 0.0947. The van der Waals surface area contributed by atoms with E-state index < -0.39 is 0 Å². The van der Waals surface area contributed by atoms with E-state index in [1.807, 2.05) is 12.1 Å². The first-order chi connectivity index (χ1) is 15.1. The minimum atomic E-state index is -0.374. The minimum Gasteiger partial charge on any atom is -0.504 e. The summed E-state index contributed by atoms with van der Waals surface area (Å²) in [4.78, 5) is 24.1. The number of hydrogen-bond acceptors (Lipinski definition) is 6. The van der Waals surface area contributed by atoms with Crippen molar-refractivity contribution in [2.45, 2.75) is 0 Å². The van der Waals surface area contributed by atoms with Gasteiger partial charge in [-0.05, 0) is 42.0 Å². The Morgan fingerprint density at radius 1 is 0.839 bits per heavy atom. The highest BCUT2D eigenvalue weighted by molar-refractivity contribution is 5.96. The van der Waals surface area contributed by atoms with Crippen molar-refractivity contribution in [2.75, 3.05) is 7.11 Å². The second kappa shape index (κ2) is 10.4. The summed E-state index contributed by atoms with van der Waals surface area (Å²) in [6, 6.07) is 20.4. The molecule has 0 aliphatic rings. The van der Waals surface area contributed by atoms with E-state index in [1.165, 1.54) is 25.6 Å². The number of phenolic OH excluding ortho intramolecular Hbond substituents is 1. The maximum atomic E-state index is 12.1. The predicted octanol–water partition coefficient (Wildman–Crippen LogP) is 2.93. The number of benzene rings is 3. The quantitative estimate of drug-likeness (QED) is 0.406. The Kier molecular flexibility index (Phi) is 7.10. The lowest BCUT2D eigenvalue weighted by Crippen LogP contribution is -2.17. The number of nitrogens with one attached hydrogen (secondary N) is 2. The Bertz CT molecular complexity index is 1110. The average Bonchev–Trinajstić information content (AvgIpc) is 2.80. The van der Waals surface area contributed by atoms with Crippen LogP contribution in [0.2, 0.25) is 0 Å². The molecule has 2 amide bonds. The minimum absolute atomic E-state index is 0.142. The number of methoxy groups -OCH3 is 1. The van der Waals surface area contributed by atoms with Crippen LogP contribution in [0.25, 0.3) is 0 Å². The van der Waals surface area contributed by atoms with E-state index >= 15 is 0 Å². The molecule has 0 radical (unpaired) electrons. The van der Waals surface area contributed by atoms with Crippen LogP contribution >= 0.6 is 0 Å². The molecule has 0 saturated heterocycles. The third-order valence-electron chi connectivity index (χ3n) is 4.15. The van der Waals surface area contributed by atoms with Crippen LogP contribution in [0.1, 0.15) is 31.8 Å². The summed E-state index contributed by atoms with van der Waals surface area (Å²) >= 11 is 0. The molecule has 0 atom stereocenters. The molecule has 8 nitrogen and oxygen atoms in total. The Balaban J connectivity index is 1.72. The predicted molar refractivity (Wildman–Crippen MR) is 118 cm³/mol. The zero-order chi connectivity index (χ0) is 22.1. The highest BCUT2D eigenvalue weighted by Gasteiger charge is 2.10. The monoisotopic (exact) mass is 416 g/mol. The van der Waals surface area contributed by atoms with Gasteiger partial charge in [-0.3, -0.25) is 9.59 Å². The van der Waals surface area contributed by atoms with Gasteiger partial charge in [-0.2, -0.15) is 10.2 Å².